The molecule has 20 heavy (non-hydrogen) atoms. The normalized spacial score (nSPS) is 23.6. The highest BCUT2D eigenvalue weighted by atomic mass is 16.2. The Hall–Kier alpha value is -1.55. The van der Waals surface area contributed by atoms with E-state index in [4.69, 9.17) is 5.73 Å². The molecular formula is C16H25N3O. The van der Waals surface area contributed by atoms with Crippen molar-refractivity contribution in [3.8, 4) is 0 Å². The number of amides is 1. The van der Waals surface area contributed by atoms with E-state index in [1.54, 1.807) is 0 Å². The van der Waals surface area contributed by atoms with Crippen LogP contribution in [0, 0.1) is 18.8 Å². The highest BCUT2D eigenvalue weighted by Crippen LogP contribution is 2.22. The van der Waals surface area contributed by atoms with Crippen LogP contribution in [0.3, 0.4) is 0 Å². The van der Waals surface area contributed by atoms with Crippen LogP contribution in [-0.2, 0) is 4.79 Å². The number of anilines is 2. The van der Waals surface area contributed by atoms with E-state index in [2.05, 4.69) is 24.1 Å². The Balaban J connectivity index is 1.92. The van der Waals surface area contributed by atoms with E-state index in [1.807, 2.05) is 25.1 Å². The molecule has 0 aliphatic carbocycles. The number of nitrogens with one attached hydrogen (secondary N) is 1. The molecule has 0 saturated carbocycles. The molecule has 0 radical (unpaired) electrons. The summed E-state index contributed by atoms with van der Waals surface area (Å²) in [5, 5.41) is 2.91. The van der Waals surface area contributed by atoms with Gasteiger partial charge in [-0.05, 0) is 42.9 Å². The quantitative estimate of drug-likeness (QED) is 0.833. The lowest BCUT2D eigenvalue weighted by Gasteiger charge is -2.34. The van der Waals surface area contributed by atoms with Crippen molar-refractivity contribution in [2.24, 2.45) is 11.8 Å². The minimum atomic E-state index is 0.0156. The Morgan fingerprint density at radius 3 is 2.60 bits per heavy atom. The molecule has 1 heterocycles. The van der Waals surface area contributed by atoms with Crippen molar-refractivity contribution in [3.63, 3.8) is 0 Å². The van der Waals surface area contributed by atoms with Crippen LogP contribution < -0.4 is 11.1 Å². The van der Waals surface area contributed by atoms with E-state index >= 15 is 0 Å². The first-order valence-corrected chi connectivity index (χ1v) is 7.32. The van der Waals surface area contributed by atoms with E-state index in [9.17, 15) is 4.79 Å². The molecule has 1 aromatic rings. The molecule has 0 aromatic heterocycles. The molecule has 2 atom stereocenters. The molecule has 1 aliphatic heterocycles. The van der Waals surface area contributed by atoms with Gasteiger partial charge in [0.05, 0.1) is 17.9 Å². The molecule has 2 unspecified atom stereocenters. The van der Waals surface area contributed by atoms with Gasteiger partial charge in [-0.25, -0.2) is 0 Å². The van der Waals surface area contributed by atoms with Gasteiger partial charge in [-0.2, -0.15) is 0 Å². The van der Waals surface area contributed by atoms with Gasteiger partial charge in [0.2, 0.25) is 5.91 Å². The van der Waals surface area contributed by atoms with Gasteiger partial charge in [0, 0.05) is 13.1 Å². The van der Waals surface area contributed by atoms with Crippen molar-refractivity contribution < 1.29 is 4.79 Å². The van der Waals surface area contributed by atoms with Gasteiger partial charge in [0.25, 0.3) is 0 Å². The summed E-state index contributed by atoms with van der Waals surface area (Å²) >= 11 is 0. The van der Waals surface area contributed by atoms with Crippen LogP contribution in [0.15, 0.2) is 18.2 Å². The summed E-state index contributed by atoms with van der Waals surface area (Å²) in [7, 11) is 0. The van der Waals surface area contributed by atoms with Crippen LogP contribution in [-0.4, -0.2) is 30.4 Å². The first-order valence-electron chi connectivity index (χ1n) is 7.32. The van der Waals surface area contributed by atoms with Gasteiger partial charge in [-0.3, -0.25) is 9.69 Å². The molecule has 0 spiro atoms. The number of nitrogens with zero attached hydrogens (tertiary/aromatic N) is 1. The monoisotopic (exact) mass is 275 g/mol. The predicted octanol–water partition coefficient (Wildman–Crippen LogP) is 2.49. The molecule has 1 saturated heterocycles. The Bertz CT molecular complexity index is 477. The highest BCUT2D eigenvalue weighted by Gasteiger charge is 2.23. The smallest absolute Gasteiger partial charge is 0.238 e. The second-order valence-electron chi connectivity index (χ2n) is 6.28. The maximum absolute atomic E-state index is 12.1. The Morgan fingerprint density at radius 2 is 2.00 bits per heavy atom. The van der Waals surface area contributed by atoms with Crippen molar-refractivity contribution >= 4 is 17.3 Å². The third-order valence-corrected chi connectivity index (χ3v) is 3.79. The number of hydrogen-bond acceptors (Lipinski definition) is 3. The zero-order valence-corrected chi connectivity index (χ0v) is 12.6. The molecule has 110 valence electrons. The van der Waals surface area contributed by atoms with E-state index in [0.717, 1.165) is 18.7 Å². The van der Waals surface area contributed by atoms with Gasteiger partial charge in [0.1, 0.15) is 0 Å². The molecule has 1 aromatic carbocycles. The van der Waals surface area contributed by atoms with Crippen LogP contribution in [0.25, 0.3) is 0 Å². The van der Waals surface area contributed by atoms with Gasteiger partial charge < -0.3 is 11.1 Å². The third kappa shape index (κ3) is 3.97. The summed E-state index contributed by atoms with van der Waals surface area (Å²) in [5.74, 6) is 1.34. The number of nitrogen functional groups attached to an aromatic ring is 1. The number of carbonyl (C=O) groups excluding carboxylic acids is 1. The molecule has 3 N–H and O–H groups in total. The largest absolute Gasteiger partial charge is 0.397 e. The minimum Gasteiger partial charge on any atom is -0.397 e. The summed E-state index contributed by atoms with van der Waals surface area (Å²) in [4.78, 5) is 14.4. The summed E-state index contributed by atoms with van der Waals surface area (Å²) in [6, 6.07) is 5.70. The maximum Gasteiger partial charge on any atom is 0.238 e. The molecule has 0 bridgehead atoms. The lowest BCUT2D eigenvalue weighted by atomic mass is 9.92. The average molecular weight is 275 g/mol. The van der Waals surface area contributed by atoms with Crippen LogP contribution in [0.2, 0.25) is 0 Å². The van der Waals surface area contributed by atoms with E-state index < -0.39 is 0 Å². The molecule has 1 fully saturated rings. The second kappa shape index (κ2) is 6.27. The fourth-order valence-corrected chi connectivity index (χ4v) is 3.11. The lowest BCUT2D eigenvalue weighted by molar-refractivity contribution is -0.117. The molecule has 4 nitrogen and oxygen atoms in total. The molecular weight excluding hydrogens is 250 g/mol. The number of likely N-dealkylation sites (tertiary alicyclic amines) is 1. The summed E-state index contributed by atoms with van der Waals surface area (Å²) in [6.07, 6.45) is 1.25. The third-order valence-electron chi connectivity index (χ3n) is 3.79. The Morgan fingerprint density at radius 1 is 1.35 bits per heavy atom. The molecule has 2 rings (SSSR count). The number of hydrogen-bond donors (Lipinski definition) is 2. The molecule has 1 aliphatic rings. The van der Waals surface area contributed by atoms with Crippen molar-refractivity contribution in [2.45, 2.75) is 27.2 Å². The average Bonchev–Trinajstić information content (AvgIpc) is 2.31. The SMILES string of the molecule is Cc1ccc(NC(=O)CN2CC(C)CC(C)C2)c(N)c1. The van der Waals surface area contributed by atoms with Crippen LogP contribution >= 0.6 is 0 Å². The fourth-order valence-electron chi connectivity index (χ4n) is 3.11. The van der Waals surface area contributed by atoms with Gasteiger partial charge >= 0.3 is 0 Å². The number of rotatable bonds is 3. The first kappa shape index (κ1) is 14.9. The van der Waals surface area contributed by atoms with E-state index in [-0.39, 0.29) is 5.91 Å². The summed E-state index contributed by atoms with van der Waals surface area (Å²) in [5.41, 5.74) is 8.35. The minimum absolute atomic E-state index is 0.0156. The number of piperidine rings is 1. The fraction of sp³-hybridized carbons (Fsp3) is 0.562. The number of benzene rings is 1. The van der Waals surface area contributed by atoms with Crippen molar-refractivity contribution in [1.82, 2.24) is 4.90 Å². The van der Waals surface area contributed by atoms with Gasteiger partial charge in [-0.1, -0.05) is 19.9 Å². The zero-order valence-electron chi connectivity index (χ0n) is 12.6. The summed E-state index contributed by atoms with van der Waals surface area (Å²) in [6.45, 7) is 8.93. The van der Waals surface area contributed by atoms with Crippen LogP contribution in [0.5, 0.6) is 0 Å². The Labute approximate surface area is 121 Å². The van der Waals surface area contributed by atoms with Gasteiger partial charge in [0.15, 0.2) is 0 Å². The molecule has 1 amide bonds. The highest BCUT2D eigenvalue weighted by molar-refractivity contribution is 5.95. The zero-order chi connectivity index (χ0) is 14.7. The topological polar surface area (TPSA) is 58.4 Å². The van der Waals surface area contributed by atoms with E-state index in [1.165, 1.54) is 6.42 Å². The summed E-state index contributed by atoms with van der Waals surface area (Å²) < 4.78 is 0. The number of nitrogens with two attached hydrogens (primary N) is 1. The standard InChI is InChI=1S/C16H25N3O/c1-11-4-5-15(14(17)7-11)18-16(20)10-19-8-12(2)6-13(3)9-19/h4-5,7,12-13H,6,8-10,17H2,1-3H3,(H,18,20). The number of carbonyl (C=O) groups is 1. The van der Waals surface area contributed by atoms with E-state index in [0.29, 0.717) is 29.8 Å². The van der Waals surface area contributed by atoms with Crippen LogP contribution in [0.1, 0.15) is 25.8 Å². The van der Waals surface area contributed by atoms with Gasteiger partial charge in [-0.15, -0.1) is 0 Å². The van der Waals surface area contributed by atoms with Crippen molar-refractivity contribution in [2.75, 3.05) is 30.7 Å². The number of aryl methyl sites for hydroxylation is 1. The van der Waals surface area contributed by atoms with Crippen molar-refractivity contribution in [1.29, 1.82) is 0 Å². The molecule has 4 heteroatoms. The maximum atomic E-state index is 12.1. The van der Waals surface area contributed by atoms with Crippen LogP contribution in [0.4, 0.5) is 11.4 Å². The predicted molar refractivity (Wildman–Crippen MR) is 83.6 cm³/mol. The van der Waals surface area contributed by atoms with Crippen molar-refractivity contribution in [3.05, 3.63) is 23.8 Å². The Kier molecular flexibility index (Phi) is 4.65. The first-order chi connectivity index (χ1) is 9.44. The lowest BCUT2D eigenvalue weighted by Crippen LogP contribution is -2.42. The second-order valence-corrected chi connectivity index (χ2v) is 6.28.